The molecule has 0 N–H and O–H groups in total. The fraction of sp³-hybridized carbons (Fsp3) is 0.667. The molecule has 1 rings (SSSR count). The monoisotopic (exact) mass is 636 g/mol. The van der Waals surface area contributed by atoms with Crippen molar-refractivity contribution in [1.29, 1.82) is 0 Å². The summed E-state index contributed by atoms with van der Waals surface area (Å²) in [7, 11) is 0.892. The molecule has 0 heterocycles. The van der Waals surface area contributed by atoms with Crippen LogP contribution in [-0.2, 0) is 20.4 Å². The van der Waals surface area contributed by atoms with Gasteiger partial charge >= 0.3 is 0 Å². The van der Waals surface area contributed by atoms with Gasteiger partial charge in [-0.05, 0) is 42.7 Å². The molecule has 0 fully saturated rings. The standard InChI is InChI=1S/C6F5.2C6H15P.HI.Pd/c7-2-1-3(8)5(10)6(11)4(2)9;2*1-4-7(5-2)6-3;;/h;2*4-6H2,1-3H3;1H;/p-1. The molecule has 0 aliphatic heterocycles. The zero-order valence-corrected chi connectivity index (χ0v) is 22.2. The minimum atomic E-state index is -2.17. The van der Waals surface area contributed by atoms with Gasteiger partial charge in [-0.25, -0.2) is 8.78 Å². The van der Waals surface area contributed by atoms with Crippen LogP contribution in [0.25, 0.3) is 0 Å². The Labute approximate surface area is 195 Å². The Balaban J connectivity index is -0.000000148. The largest absolute Gasteiger partial charge is 1.00 e. The van der Waals surface area contributed by atoms with E-state index < -0.39 is 29.5 Å². The second-order valence-corrected chi connectivity index (χ2v) is 11.4. The Hall–Kier alpha value is 1.16. The zero-order valence-electron chi connectivity index (χ0n) is 16.7. The van der Waals surface area contributed by atoms with E-state index in [1.165, 1.54) is 37.0 Å². The summed E-state index contributed by atoms with van der Waals surface area (Å²) >= 11 is 0. The van der Waals surface area contributed by atoms with Crippen molar-refractivity contribution in [3.8, 4) is 0 Å². The van der Waals surface area contributed by atoms with Gasteiger partial charge in [0.25, 0.3) is 6.17 Å². The van der Waals surface area contributed by atoms with Gasteiger partial charge in [0.2, 0.25) is 11.7 Å². The second kappa shape index (κ2) is 21.9. The third-order valence-corrected chi connectivity index (χ3v) is 9.04. The van der Waals surface area contributed by atoms with Crippen molar-refractivity contribution in [2.45, 2.75) is 41.5 Å². The molecule has 0 saturated heterocycles. The molecular weight excluding hydrogens is 606 g/mol. The molecule has 0 atom stereocenters. The van der Waals surface area contributed by atoms with E-state index in [4.69, 9.17) is 0 Å². The molecule has 0 saturated carbocycles. The zero-order chi connectivity index (χ0) is 20.0. The molecule has 9 heteroatoms. The molecule has 0 aromatic carbocycles. The summed E-state index contributed by atoms with van der Waals surface area (Å²) in [5.74, 6) is -7.98. The maximum absolute atomic E-state index is 12.0. The minimum absolute atomic E-state index is 0. The van der Waals surface area contributed by atoms with Crippen molar-refractivity contribution in [2.24, 2.45) is 0 Å². The summed E-state index contributed by atoms with van der Waals surface area (Å²) in [6, 6.07) is 0. The summed E-state index contributed by atoms with van der Waals surface area (Å²) in [6.07, 6.45) is 6.45. The van der Waals surface area contributed by atoms with Crippen LogP contribution in [0.3, 0.4) is 0 Å². The summed E-state index contributed by atoms with van der Waals surface area (Å²) in [5, 5.41) is 0. The first-order valence-corrected chi connectivity index (χ1v) is 12.4. The van der Waals surface area contributed by atoms with Gasteiger partial charge in [-0.2, -0.15) is 13.2 Å². The average Bonchev–Trinajstić information content (AvgIpc) is 2.62. The number of halogens is 6. The van der Waals surface area contributed by atoms with Crippen LogP contribution in [0.2, 0.25) is 0 Å². The van der Waals surface area contributed by atoms with Crippen LogP contribution in [0.5, 0.6) is 0 Å². The van der Waals surface area contributed by atoms with E-state index in [0.717, 1.165) is 5.73 Å². The van der Waals surface area contributed by atoms with Crippen molar-refractivity contribution in [3.05, 3.63) is 35.2 Å². The maximum Gasteiger partial charge on any atom is 0.270 e. The van der Waals surface area contributed by atoms with Crippen molar-refractivity contribution < 1.29 is 66.4 Å². The second-order valence-electron chi connectivity index (χ2n) is 4.93. The molecule has 0 bridgehead atoms. The van der Waals surface area contributed by atoms with E-state index in [9.17, 15) is 22.0 Å². The number of hydrogen-bond donors (Lipinski definition) is 0. The summed E-state index contributed by atoms with van der Waals surface area (Å²) in [4.78, 5) is 0. The Kier molecular flexibility index (Phi) is 28.8. The first-order chi connectivity index (χ1) is 11.7. The summed E-state index contributed by atoms with van der Waals surface area (Å²) in [5.41, 5.74) is 1.02. The molecule has 0 nitrogen and oxygen atoms in total. The smallest absolute Gasteiger partial charge is 0.270 e. The van der Waals surface area contributed by atoms with Gasteiger partial charge in [0, 0.05) is 20.4 Å². The van der Waals surface area contributed by atoms with Crippen molar-refractivity contribution in [2.75, 3.05) is 37.0 Å². The molecule has 27 heavy (non-hydrogen) atoms. The normalized spacial score (nSPS) is 13.5. The van der Waals surface area contributed by atoms with E-state index in [0.29, 0.717) is 15.8 Å². The Morgan fingerprint density at radius 1 is 0.593 bits per heavy atom. The maximum atomic E-state index is 12.0. The minimum Gasteiger partial charge on any atom is -1.00 e. The van der Waals surface area contributed by atoms with E-state index in [2.05, 4.69) is 41.5 Å². The quantitative estimate of drug-likeness (QED) is 0.127. The third-order valence-electron chi connectivity index (χ3n) is 3.67. The van der Waals surface area contributed by atoms with Crippen LogP contribution in [0, 0.1) is 6.17 Å². The third kappa shape index (κ3) is 15.6. The molecule has 165 valence electrons. The van der Waals surface area contributed by atoms with E-state index in [-0.39, 0.29) is 44.4 Å². The van der Waals surface area contributed by atoms with Crippen LogP contribution in [0.15, 0.2) is 29.0 Å². The Morgan fingerprint density at radius 2 is 0.889 bits per heavy atom. The number of hydrogen-bond acceptors (Lipinski definition) is 0. The molecule has 0 aromatic heterocycles. The van der Waals surface area contributed by atoms with Crippen molar-refractivity contribution in [3.63, 3.8) is 0 Å². The fourth-order valence-electron chi connectivity index (χ4n) is 1.84. The number of allylic oxidation sites excluding steroid dienone is 3. The molecule has 0 spiro atoms. The molecule has 1 aliphatic rings. The van der Waals surface area contributed by atoms with Gasteiger partial charge in [0.15, 0.2) is 11.7 Å². The van der Waals surface area contributed by atoms with Gasteiger partial charge in [0.1, 0.15) is 0 Å². The van der Waals surface area contributed by atoms with Crippen LogP contribution >= 0.6 is 15.8 Å². The summed E-state index contributed by atoms with van der Waals surface area (Å²) < 4.78 is 59.9. The van der Waals surface area contributed by atoms with Gasteiger partial charge in [-0.3, -0.25) is 0 Å². The molecule has 1 aliphatic carbocycles. The SMILES string of the molecule is CCP(CC)CC.CCP(CC)CC.F[C]1C(F)=C=C(F)C(F)=C1F.[I-].[Pd]. The molecule has 0 amide bonds. The van der Waals surface area contributed by atoms with Crippen molar-refractivity contribution in [1.82, 2.24) is 0 Å². The first kappa shape index (κ1) is 35.6. The molecular formula is C18H30F5IP2Pd-. The number of rotatable bonds is 6. The van der Waals surface area contributed by atoms with Gasteiger partial charge in [-0.15, -0.1) is 15.8 Å². The van der Waals surface area contributed by atoms with Crippen LogP contribution in [0.1, 0.15) is 41.5 Å². The van der Waals surface area contributed by atoms with E-state index in [1.54, 1.807) is 0 Å². The fourth-order valence-corrected chi connectivity index (χ4v) is 4.52. The predicted octanol–water partition coefficient (Wildman–Crippen LogP) is 5.02. The average molecular weight is 637 g/mol. The Bertz CT molecular complexity index is 438. The van der Waals surface area contributed by atoms with Gasteiger partial charge < -0.3 is 24.0 Å². The van der Waals surface area contributed by atoms with Crippen LogP contribution in [0.4, 0.5) is 22.0 Å². The van der Waals surface area contributed by atoms with Crippen LogP contribution < -0.4 is 24.0 Å². The van der Waals surface area contributed by atoms with E-state index in [1.807, 2.05) is 0 Å². The molecule has 0 aromatic rings. The topological polar surface area (TPSA) is 0 Å². The molecule has 0 unspecified atom stereocenters. The molecule has 1 radical (unpaired) electrons. The van der Waals surface area contributed by atoms with Gasteiger partial charge in [-0.1, -0.05) is 41.5 Å². The first-order valence-electron chi connectivity index (χ1n) is 8.58. The predicted molar refractivity (Wildman–Crippen MR) is 103 cm³/mol. The summed E-state index contributed by atoms with van der Waals surface area (Å²) in [6.45, 7) is 13.7. The van der Waals surface area contributed by atoms with Crippen LogP contribution in [-0.4, -0.2) is 37.0 Å². The van der Waals surface area contributed by atoms with E-state index >= 15 is 0 Å². The van der Waals surface area contributed by atoms with Crippen molar-refractivity contribution >= 4 is 15.8 Å². The Morgan fingerprint density at radius 3 is 1.11 bits per heavy atom. The van der Waals surface area contributed by atoms with Gasteiger partial charge in [0.05, 0.1) is 0 Å².